The Morgan fingerprint density at radius 1 is 1.33 bits per heavy atom. The third-order valence-electron chi connectivity index (χ3n) is 2.75. The number of ether oxygens (including phenoxy) is 1. The molecule has 2 nitrogen and oxygen atoms in total. The standard InChI is InChI=1S/C13H21NO/c1-11-7-4-5-8-12(11)13(14-2)9-6-10-15-3/h4-5,7-8,13-14H,6,9-10H2,1-3H3. The van der Waals surface area contributed by atoms with Gasteiger partial charge in [-0.2, -0.15) is 0 Å². The van der Waals surface area contributed by atoms with Crippen molar-refractivity contribution >= 4 is 0 Å². The first kappa shape index (κ1) is 12.2. The number of aryl methyl sites for hydroxylation is 1. The molecule has 0 aliphatic carbocycles. The summed E-state index contributed by atoms with van der Waals surface area (Å²) in [6.45, 7) is 3.00. The van der Waals surface area contributed by atoms with E-state index >= 15 is 0 Å². The van der Waals surface area contributed by atoms with Crippen molar-refractivity contribution in [2.24, 2.45) is 0 Å². The Balaban J connectivity index is 2.61. The summed E-state index contributed by atoms with van der Waals surface area (Å²) in [4.78, 5) is 0. The first-order valence-corrected chi connectivity index (χ1v) is 5.51. The summed E-state index contributed by atoms with van der Waals surface area (Å²) in [5, 5.41) is 3.36. The lowest BCUT2D eigenvalue weighted by Gasteiger charge is -2.18. The van der Waals surface area contributed by atoms with Crippen molar-refractivity contribution in [3.63, 3.8) is 0 Å². The molecule has 0 saturated carbocycles. The number of hydrogen-bond acceptors (Lipinski definition) is 2. The SMILES string of the molecule is CNC(CCCOC)c1ccccc1C. The Hall–Kier alpha value is -0.860. The Bertz CT molecular complexity index is 286. The smallest absolute Gasteiger partial charge is 0.0462 e. The van der Waals surface area contributed by atoms with Crippen LogP contribution >= 0.6 is 0 Å². The highest BCUT2D eigenvalue weighted by Crippen LogP contribution is 2.21. The Labute approximate surface area is 92.6 Å². The number of rotatable bonds is 6. The van der Waals surface area contributed by atoms with Gasteiger partial charge in [0.2, 0.25) is 0 Å². The zero-order chi connectivity index (χ0) is 11.1. The lowest BCUT2D eigenvalue weighted by molar-refractivity contribution is 0.189. The molecule has 0 spiro atoms. The van der Waals surface area contributed by atoms with Gasteiger partial charge in [-0.25, -0.2) is 0 Å². The molecule has 1 unspecified atom stereocenters. The molecule has 1 atom stereocenters. The summed E-state index contributed by atoms with van der Waals surface area (Å²) in [5.74, 6) is 0. The van der Waals surface area contributed by atoms with Crippen LogP contribution in [0.3, 0.4) is 0 Å². The number of methoxy groups -OCH3 is 1. The normalized spacial score (nSPS) is 12.7. The molecule has 0 fully saturated rings. The van der Waals surface area contributed by atoms with E-state index in [4.69, 9.17) is 4.74 Å². The largest absolute Gasteiger partial charge is 0.385 e. The van der Waals surface area contributed by atoms with Gasteiger partial charge < -0.3 is 10.1 Å². The maximum atomic E-state index is 5.08. The minimum absolute atomic E-state index is 0.446. The molecular formula is C13H21NO. The molecular weight excluding hydrogens is 186 g/mol. The van der Waals surface area contributed by atoms with Gasteiger partial charge in [0.15, 0.2) is 0 Å². The maximum Gasteiger partial charge on any atom is 0.0462 e. The van der Waals surface area contributed by atoms with E-state index in [9.17, 15) is 0 Å². The predicted octanol–water partition coefficient (Wildman–Crippen LogP) is 2.68. The van der Waals surface area contributed by atoms with Crippen LogP contribution in [0.5, 0.6) is 0 Å². The van der Waals surface area contributed by atoms with Gasteiger partial charge in [-0.3, -0.25) is 0 Å². The van der Waals surface area contributed by atoms with Crippen molar-refractivity contribution in [2.75, 3.05) is 20.8 Å². The maximum absolute atomic E-state index is 5.08. The summed E-state index contributed by atoms with van der Waals surface area (Å²) in [6, 6.07) is 8.99. The van der Waals surface area contributed by atoms with Gasteiger partial charge in [0.05, 0.1) is 0 Å². The molecule has 1 rings (SSSR count). The highest BCUT2D eigenvalue weighted by molar-refractivity contribution is 5.28. The van der Waals surface area contributed by atoms with Gasteiger partial charge in [0, 0.05) is 19.8 Å². The quantitative estimate of drug-likeness (QED) is 0.724. The van der Waals surface area contributed by atoms with Gasteiger partial charge >= 0.3 is 0 Å². The molecule has 0 heterocycles. The number of benzene rings is 1. The predicted molar refractivity (Wildman–Crippen MR) is 64.1 cm³/mol. The van der Waals surface area contributed by atoms with Crippen LogP contribution in [-0.4, -0.2) is 20.8 Å². The van der Waals surface area contributed by atoms with Crippen LogP contribution in [0.15, 0.2) is 24.3 Å². The van der Waals surface area contributed by atoms with E-state index in [0.717, 1.165) is 19.4 Å². The molecule has 1 N–H and O–H groups in total. The van der Waals surface area contributed by atoms with Crippen LogP contribution in [-0.2, 0) is 4.74 Å². The van der Waals surface area contributed by atoms with E-state index < -0.39 is 0 Å². The fourth-order valence-electron chi connectivity index (χ4n) is 1.86. The van der Waals surface area contributed by atoms with Crippen LogP contribution in [0.25, 0.3) is 0 Å². The molecule has 15 heavy (non-hydrogen) atoms. The fraction of sp³-hybridized carbons (Fsp3) is 0.538. The second-order valence-corrected chi connectivity index (χ2v) is 3.83. The van der Waals surface area contributed by atoms with Gasteiger partial charge in [0.1, 0.15) is 0 Å². The number of hydrogen-bond donors (Lipinski definition) is 1. The van der Waals surface area contributed by atoms with E-state index in [1.165, 1.54) is 11.1 Å². The zero-order valence-corrected chi connectivity index (χ0v) is 9.92. The monoisotopic (exact) mass is 207 g/mol. The van der Waals surface area contributed by atoms with Crippen molar-refractivity contribution in [3.8, 4) is 0 Å². The molecule has 0 saturated heterocycles. The fourth-order valence-corrected chi connectivity index (χ4v) is 1.86. The highest BCUT2D eigenvalue weighted by atomic mass is 16.5. The van der Waals surface area contributed by atoms with E-state index in [1.54, 1.807) is 7.11 Å². The zero-order valence-electron chi connectivity index (χ0n) is 9.92. The molecule has 1 aromatic rings. The Morgan fingerprint density at radius 2 is 2.07 bits per heavy atom. The highest BCUT2D eigenvalue weighted by Gasteiger charge is 2.10. The van der Waals surface area contributed by atoms with Gasteiger partial charge in [-0.15, -0.1) is 0 Å². The minimum Gasteiger partial charge on any atom is -0.385 e. The van der Waals surface area contributed by atoms with Crippen molar-refractivity contribution in [3.05, 3.63) is 35.4 Å². The van der Waals surface area contributed by atoms with E-state index in [1.807, 2.05) is 7.05 Å². The van der Waals surface area contributed by atoms with Gasteiger partial charge in [-0.1, -0.05) is 24.3 Å². The van der Waals surface area contributed by atoms with Gasteiger partial charge in [-0.05, 0) is 37.9 Å². The summed E-state index contributed by atoms with van der Waals surface area (Å²) in [7, 11) is 3.77. The lowest BCUT2D eigenvalue weighted by Crippen LogP contribution is -2.17. The van der Waals surface area contributed by atoms with Crippen molar-refractivity contribution in [1.82, 2.24) is 5.32 Å². The summed E-state index contributed by atoms with van der Waals surface area (Å²) < 4.78 is 5.08. The summed E-state index contributed by atoms with van der Waals surface area (Å²) >= 11 is 0. The Morgan fingerprint density at radius 3 is 2.67 bits per heavy atom. The third kappa shape index (κ3) is 3.65. The van der Waals surface area contributed by atoms with Crippen molar-refractivity contribution in [1.29, 1.82) is 0 Å². The van der Waals surface area contributed by atoms with Crippen LogP contribution < -0.4 is 5.32 Å². The average molecular weight is 207 g/mol. The molecule has 1 aromatic carbocycles. The summed E-state index contributed by atoms with van der Waals surface area (Å²) in [5.41, 5.74) is 2.75. The minimum atomic E-state index is 0.446. The second-order valence-electron chi connectivity index (χ2n) is 3.83. The molecule has 0 aromatic heterocycles. The molecule has 0 aliphatic rings. The number of nitrogens with one attached hydrogen (secondary N) is 1. The van der Waals surface area contributed by atoms with E-state index in [-0.39, 0.29) is 0 Å². The van der Waals surface area contributed by atoms with Crippen LogP contribution in [0.2, 0.25) is 0 Å². The first-order chi connectivity index (χ1) is 7.29. The molecule has 0 radical (unpaired) electrons. The van der Waals surface area contributed by atoms with E-state index in [2.05, 4.69) is 36.5 Å². The van der Waals surface area contributed by atoms with Crippen molar-refractivity contribution in [2.45, 2.75) is 25.8 Å². The van der Waals surface area contributed by atoms with Crippen LogP contribution in [0.1, 0.15) is 30.0 Å². The van der Waals surface area contributed by atoms with Crippen LogP contribution in [0, 0.1) is 6.92 Å². The molecule has 84 valence electrons. The molecule has 0 aliphatic heterocycles. The molecule has 2 heteroatoms. The van der Waals surface area contributed by atoms with Crippen molar-refractivity contribution < 1.29 is 4.74 Å². The topological polar surface area (TPSA) is 21.3 Å². The molecule has 0 amide bonds. The van der Waals surface area contributed by atoms with Gasteiger partial charge in [0.25, 0.3) is 0 Å². The second kappa shape index (κ2) is 6.59. The summed E-state index contributed by atoms with van der Waals surface area (Å²) in [6.07, 6.45) is 2.21. The third-order valence-corrected chi connectivity index (χ3v) is 2.75. The van der Waals surface area contributed by atoms with Crippen LogP contribution in [0.4, 0.5) is 0 Å². The first-order valence-electron chi connectivity index (χ1n) is 5.51. The average Bonchev–Trinajstić information content (AvgIpc) is 2.26. The lowest BCUT2D eigenvalue weighted by atomic mass is 9.98. The Kier molecular flexibility index (Phi) is 5.37. The molecule has 0 bridgehead atoms. The van der Waals surface area contributed by atoms with E-state index in [0.29, 0.717) is 6.04 Å².